The summed E-state index contributed by atoms with van der Waals surface area (Å²) in [5.74, 6) is 0.678. The first kappa shape index (κ1) is 21.1. The van der Waals surface area contributed by atoms with Crippen molar-refractivity contribution >= 4 is 22.6 Å². The van der Waals surface area contributed by atoms with Crippen molar-refractivity contribution in [1.82, 2.24) is 20.1 Å². The number of ether oxygens (including phenoxy) is 2. The number of fused-ring (bicyclic) bond motifs is 1. The van der Waals surface area contributed by atoms with E-state index < -0.39 is 0 Å². The lowest BCUT2D eigenvalue weighted by molar-refractivity contribution is 0.0904. The maximum atomic E-state index is 13.1. The molecule has 0 atom stereocenters. The zero-order valence-corrected chi connectivity index (χ0v) is 18.1. The maximum absolute atomic E-state index is 13.1. The summed E-state index contributed by atoms with van der Waals surface area (Å²) in [4.78, 5) is 17.6. The first-order chi connectivity index (χ1) is 15.2. The number of amides is 1. The third kappa shape index (κ3) is 4.64. The number of para-hydroxylation sites is 1. The van der Waals surface area contributed by atoms with E-state index in [-0.39, 0.29) is 11.9 Å². The Hall–Kier alpha value is -3.13. The Kier molecular flexibility index (Phi) is 6.66. The molecular weight excluding hydrogens is 394 g/mol. The number of carbonyl (C=O) groups excluding carboxylic acids is 1. The Morgan fingerprint density at radius 1 is 1.26 bits per heavy atom. The van der Waals surface area contributed by atoms with Crippen LogP contribution in [0.1, 0.15) is 35.7 Å². The molecule has 0 radical (unpaired) electrons. The number of rotatable bonds is 8. The van der Waals surface area contributed by atoms with Gasteiger partial charge in [0, 0.05) is 38.5 Å². The molecule has 0 bridgehead atoms. The molecule has 8 nitrogen and oxygen atoms in total. The van der Waals surface area contributed by atoms with Gasteiger partial charge in [0.15, 0.2) is 5.65 Å². The lowest BCUT2D eigenvalue weighted by Crippen LogP contribution is -2.31. The molecule has 1 fully saturated rings. The van der Waals surface area contributed by atoms with Crippen LogP contribution in [0.15, 0.2) is 36.7 Å². The minimum absolute atomic E-state index is 0.150. The van der Waals surface area contributed by atoms with E-state index in [0.717, 1.165) is 60.6 Å². The summed E-state index contributed by atoms with van der Waals surface area (Å²) in [6.07, 6.45) is 5.93. The molecule has 0 spiro atoms. The van der Waals surface area contributed by atoms with Crippen molar-refractivity contribution in [3.8, 4) is 5.75 Å². The molecule has 31 heavy (non-hydrogen) atoms. The average molecular weight is 424 g/mol. The van der Waals surface area contributed by atoms with Crippen LogP contribution in [0, 0.1) is 0 Å². The van der Waals surface area contributed by atoms with Gasteiger partial charge in [-0.3, -0.25) is 4.79 Å². The summed E-state index contributed by atoms with van der Waals surface area (Å²) in [5.41, 5.74) is 3.17. The second kappa shape index (κ2) is 9.78. The summed E-state index contributed by atoms with van der Waals surface area (Å²) in [5, 5.41) is 11.9. The molecule has 1 saturated heterocycles. The van der Waals surface area contributed by atoms with Gasteiger partial charge in [-0.15, -0.1) is 0 Å². The summed E-state index contributed by atoms with van der Waals surface area (Å²) < 4.78 is 12.7. The van der Waals surface area contributed by atoms with Crippen LogP contribution in [0.5, 0.6) is 5.75 Å². The lowest BCUT2D eigenvalue weighted by atomic mass is 10.1. The molecule has 2 aromatic heterocycles. The van der Waals surface area contributed by atoms with Gasteiger partial charge in [0.1, 0.15) is 5.75 Å². The number of hydrogen-bond acceptors (Lipinski definition) is 6. The van der Waals surface area contributed by atoms with Gasteiger partial charge in [0.2, 0.25) is 0 Å². The molecule has 2 N–H and O–H groups in total. The predicted octanol–water partition coefficient (Wildman–Crippen LogP) is 3.02. The minimum atomic E-state index is -0.150. The quantitative estimate of drug-likeness (QED) is 0.579. The van der Waals surface area contributed by atoms with Crippen molar-refractivity contribution in [2.45, 2.75) is 38.8 Å². The van der Waals surface area contributed by atoms with Crippen molar-refractivity contribution in [2.24, 2.45) is 0 Å². The number of carbonyl (C=O) groups is 1. The van der Waals surface area contributed by atoms with Crippen LogP contribution in [-0.4, -0.2) is 53.6 Å². The number of benzene rings is 1. The van der Waals surface area contributed by atoms with Gasteiger partial charge in [-0.2, -0.15) is 5.10 Å². The lowest BCUT2D eigenvalue weighted by Gasteiger charge is -2.25. The number of anilines is 1. The Labute approximate surface area is 181 Å². The van der Waals surface area contributed by atoms with E-state index in [4.69, 9.17) is 9.47 Å². The smallest absolute Gasteiger partial charge is 0.254 e. The summed E-state index contributed by atoms with van der Waals surface area (Å²) in [6, 6.07) is 8.10. The Bertz CT molecular complexity index is 1040. The Morgan fingerprint density at radius 2 is 2.06 bits per heavy atom. The number of aryl methyl sites for hydroxylation is 1. The molecular formula is C23H29N5O3. The molecule has 3 aromatic rings. The topological polar surface area (TPSA) is 90.3 Å². The van der Waals surface area contributed by atoms with Crippen molar-refractivity contribution in [3.63, 3.8) is 0 Å². The van der Waals surface area contributed by atoms with Gasteiger partial charge in [0.25, 0.3) is 5.91 Å². The first-order valence-corrected chi connectivity index (χ1v) is 10.8. The largest absolute Gasteiger partial charge is 0.496 e. The molecule has 0 aliphatic carbocycles. The van der Waals surface area contributed by atoms with E-state index in [1.54, 1.807) is 19.5 Å². The Balaban J connectivity index is 1.55. The van der Waals surface area contributed by atoms with Gasteiger partial charge in [-0.25, -0.2) is 9.67 Å². The zero-order chi connectivity index (χ0) is 21.6. The van der Waals surface area contributed by atoms with Gasteiger partial charge >= 0.3 is 0 Å². The van der Waals surface area contributed by atoms with Crippen LogP contribution < -0.4 is 15.4 Å². The van der Waals surface area contributed by atoms with Crippen LogP contribution in [0.2, 0.25) is 0 Å². The third-order valence-electron chi connectivity index (χ3n) is 5.65. The molecule has 1 aliphatic rings. The summed E-state index contributed by atoms with van der Waals surface area (Å²) >= 11 is 0. The van der Waals surface area contributed by atoms with Gasteiger partial charge in [-0.05, 0) is 37.8 Å². The first-order valence-electron chi connectivity index (χ1n) is 10.8. The molecule has 3 heterocycles. The van der Waals surface area contributed by atoms with Crippen molar-refractivity contribution in [3.05, 3.63) is 47.8 Å². The van der Waals surface area contributed by atoms with Gasteiger partial charge in [0.05, 0.1) is 29.9 Å². The highest BCUT2D eigenvalue weighted by molar-refractivity contribution is 6.06. The number of pyridine rings is 1. The SMILES string of the molecule is CCn1ncc2c(NC3CCOCC3)c(C(=O)NCCc3ccccc3OC)cnc21. The molecule has 164 valence electrons. The molecule has 1 aliphatic heterocycles. The van der Waals surface area contributed by atoms with E-state index in [0.29, 0.717) is 18.5 Å². The Morgan fingerprint density at radius 3 is 2.84 bits per heavy atom. The van der Waals surface area contributed by atoms with Gasteiger partial charge in [-0.1, -0.05) is 18.2 Å². The second-order valence-corrected chi connectivity index (χ2v) is 7.59. The summed E-state index contributed by atoms with van der Waals surface area (Å²) in [7, 11) is 1.66. The van der Waals surface area contributed by atoms with Crippen LogP contribution >= 0.6 is 0 Å². The third-order valence-corrected chi connectivity index (χ3v) is 5.65. The molecule has 1 amide bonds. The van der Waals surface area contributed by atoms with E-state index in [1.807, 2.05) is 35.9 Å². The van der Waals surface area contributed by atoms with Crippen molar-refractivity contribution < 1.29 is 14.3 Å². The van der Waals surface area contributed by atoms with E-state index in [9.17, 15) is 4.79 Å². The van der Waals surface area contributed by atoms with Crippen LogP contribution in [0.25, 0.3) is 11.0 Å². The van der Waals surface area contributed by atoms with Crippen LogP contribution in [0.4, 0.5) is 5.69 Å². The average Bonchev–Trinajstić information content (AvgIpc) is 3.24. The van der Waals surface area contributed by atoms with Crippen LogP contribution in [0.3, 0.4) is 0 Å². The van der Waals surface area contributed by atoms with E-state index >= 15 is 0 Å². The molecule has 8 heteroatoms. The highest BCUT2D eigenvalue weighted by atomic mass is 16.5. The fraction of sp³-hybridized carbons (Fsp3) is 0.435. The monoisotopic (exact) mass is 423 g/mol. The van der Waals surface area contributed by atoms with Crippen molar-refractivity contribution in [1.29, 1.82) is 0 Å². The van der Waals surface area contributed by atoms with Gasteiger partial charge < -0.3 is 20.1 Å². The highest BCUT2D eigenvalue weighted by Crippen LogP contribution is 2.28. The van der Waals surface area contributed by atoms with E-state index in [2.05, 4.69) is 20.7 Å². The fourth-order valence-electron chi connectivity index (χ4n) is 3.95. The standard InChI is InChI=1S/C23H29N5O3/c1-3-28-22-18(15-26-28)21(27-17-9-12-31-13-10-17)19(14-25-22)23(29)24-11-8-16-6-4-5-7-20(16)30-2/h4-7,14-15,17H,3,8-13H2,1-2H3,(H,24,29)(H,25,27). The number of aromatic nitrogens is 3. The minimum Gasteiger partial charge on any atom is -0.496 e. The van der Waals surface area contributed by atoms with Crippen LogP contribution in [-0.2, 0) is 17.7 Å². The second-order valence-electron chi connectivity index (χ2n) is 7.59. The van der Waals surface area contributed by atoms with E-state index in [1.165, 1.54) is 0 Å². The highest BCUT2D eigenvalue weighted by Gasteiger charge is 2.22. The predicted molar refractivity (Wildman–Crippen MR) is 120 cm³/mol. The molecule has 0 unspecified atom stereocenters. The summed E-state index contributed by atoms with van der Waals surface area (Å²) in [6.45, 7) is 4.69. The number of hydrogen-bond donors (Lipinski definition) is 2. The maximum Gasteiger partial charge on any atom is 0.254 e. The normalized spacial score (nSPS) is 14.5. The number of nitrogens with zero attached hydrogens (tertiary/aromatic N) is 3. The molecule has 1 aromatic carbocycles. The number of nitrogens with one attached hydrogen (secondary N) is 2. The fourth-order valence-corrected chi connectivity index (χ4v) is 3.95. The number of methoxy groups -OCH3 is 1. The van der Waals surface area contributed by atoms with Crippen molar-refractivity contribution in [2.75, 3.05) is 32.2 Å². The molecule has 4 rings (SSSR count). The molecule has 0 saturated carbocycles. The zero-order valence-electron chi connectivity index (χ0n) is 18.1.